The van der Waals surface area contributed by atoms with Gasteiger partial charge < -0.3 is 10.6 Å². The van der Waals surface area contributed by atoms with E-state index in [0.717, 1.165) is 29.8 Å². The summed E-state index contributed by atoms with van der Waals surface area (Å²) in [6.07, 6.45) is 3.27. The van der Waals surface area contributed by atoms with Gasteiger partial charge in [-0.3, -0.25) is 14.6 Å². The summed E-state index contributed by atoms with van der Waals surface area (Å²) in [6, 6.07) is 13.4. The summed E-state index contributed by atoms with van der Waals surface area (Å²) >= 11 is 1.39. The van der Waals surface area contributed by atoms with Crippen LogP contribution >= 0.6 is 11.8 Å². The highest BCUT2D eigenvalue weighted by atomic mass is 32.2. The zero-order valence-corrected chi connectivity index (χ0v) is 14.0. The molecule has 2 N–H and O–H groups in total. The molecule has 0 aliphatic carbocycles. The summed E-state index contributed by atoms with van der Waals surface area (Å²) in [7, 11) is 0. The van der Waals surface area contributed by atoms with Crippen LogP contribution in [0.4, 0.5) is 5.69 Å². The van der Waals surface area contributed by atoms with Gasteiger partial charge in [-0.25, -0.2) is 0 Å². The third kappa shape index (κ3) is 4.35. The van der Waals surface area contributed by atoms with Crippen molar-refractivity contribution in [3.05, 3.63) is 59.9 Å². The maximum Gasteiger partial charge on any atom is 0.237 e. The number of fused-ring (bicyclic) bond motifs is 1. The molecule has 124 valence electrons. The number of rotatable bonds is 5. The van der Waals surface area contributed by atoms with Crippen molar-refractivity contribution in [3.63, 3.8) is 0 Å². The Hall–Kier alpha value is -2.34. The maximum absolute atomic E-state index is 12.3. The van der Waals surface area contributed by atoms with Gasteiger partial charge in [0.05, 0.1) is 23.2 Å². The Morgan fingerprint density at radius 3 is 2.92 bits per heavy atom. The van der Waals surface area contributed by atoms with E-state index in [-0.39, 0.29) is 22.8 Å². The zero-order valence-electron chi connectivity index (χ0n) is 13.2. The van der Waals surface area contributed by atoms with Crippen LogP contribution in [0.5, 0.6) is 0 Å². The molecule has 1 aromatic carbocycles. The summed E-state index contributed by atoms with van der Waals surface area (Å²) in [5.74, 6) is 0.157. The summed E-state index contributed by atoms with van der Waals surface area (Å²) in [4.78, 5) is 28.4. The Labute approximate surface area is 145 Å². The number of nitrogens with one attached hydrogen (secondary N) is 2. The van der Waals surface area contributed by atoms with Crippen LogP contribution in [0.15, 0.2) is 48.7 Å². The lowest BCUT2D eigenvalue weighted by Crippen LogP contribution is -2.29. The van der Waals surface area contributed by atoms with Crippen LogP contribution in [0.3, 0.4) is 0 Å². The molecule has 2 heterocycles. The molecule has 1 aromatic heterocycles. The van der Waals surface area contributed by atoms with E-state index in [0.29, 0.717) is 6.54 Å². The van der Waals surface area contributed by atoms with Crippen LogP contribution in [-0.4, -0.2) is 27.8 Å². The summed E-state index contributed by atoms with van der Waals surface area (Å²) in [5, 5.41) is 5.57. The number of amides is 2. The van der Waals surface area contributed by atoms with Crippen molar-refractivity contribution in [1.82, 2.24) is 10.3 Å². The summed E-state index contributed by atoms with van der Waals surface area (Å²) in [5.41, 5.74) is 2.84. The largest absolute Gasteiger partial charge is 0.350 e. The molecule has 0 spiro atoms. The Morgan fingerprint density at radius 2 is 2.08 bits per heavy atom. The lowest BCUT2D eigenvalue weighted by atomic mass is 10.1. The Balaban J connectivity index is 1.48. The first kappa shape index (κ1) is 16.5. The number of benzene rings is 1. The van der Waals surface area contributed by atoms with E-state index in [2.05, 4.69) is 15.6 Å². The van der Waals surface area contributed by atoms with Gasteiger partial charge in [0, 0.05) is 11.9 Å². The molecule has 0 saturated carbocycles. The van der Waals surface area contributed by atoms with Crippen LogP contribution in [0.25, 0.3) is 0 Å². The van der Waals surface area contributed by atoms with Crippen molar-refractivity contribution in [2.24, 2.45) is 0 Å². The summed E-state index contributed by atoms with van der Waals surface area (Å²) < 4.78 is 0. The third-order valence-corrected chi connectivity index (χ3v) is 5.13. The number of carbonyl (C=O) groups excluding carboxylic acids is 2. The van der Waals surface area contributed by atoms with E-state index in [1.807, 2.05) is 42.5 Å². The van der Waals surface area contributed by atoms with Crippen molar-refractivity contribution in [2.45, 2.75) is 24.6 Å². The van der Waals surface area contributed by atoms with Gasteiger partial charge in [-0.05, 0) is 36.6 Å². The molecule has 0 bridgehead atoms. The van der Waals surface area contributed by atoms with E-state index in [9.17, 15) is 9.59 Å². The topological polar surface area (TPSA) is 71.1 Å². The molecule has 3 rings (SSSR count). The minimum Gasteiger partial charge on any atom is -0.350 e. The molecule has 5 nitrogen and oxygen atoms in total. The molecular weight excluding hydrogens is 322 g/mol. The van der Waals surface area contributed by atoms with Gasteiger partial charge in [0.15, 0.2) is 0 Å². The van der Waals surface area contributed by atoms with Crippen LogP contribution in [0.2, 0.25) is 0 Å². The maximum atomic E-state index is 12.3. The first-order chi connectivity index (χ1) is 11.7. The number of aryl methyl sites for hydroxylation is 1. The van der Waals surface area contributed by atoms with Gasteiger partial charge in [0.1, 0.15) is 0 Å². The number of para-hydroxylation sites is 1. The van der Waals surface area contributed by atoms with Crippen molar-refractivity contribution in [1.29, 1.82) is 0 Å². The highest BCUT2D eigenvalue weighted by molar-refractivity contribution is 8.01. The van der Waals surface area contributed by atoms with Crippen LogP contribution in [-0.2, 0) is 22.6 Å². The van der Waals surface area contributed by atoms with E-state index in [1.165, 1.54) is 11.8 Å². The van der Waals surface area contributed by atoms with E-state index in [1.54, 1.807) is 6.20 Å². The third-order valence-electron chi connectivity index (χ3n) is 3.85. The highest BCUT2D eigenvalue weighted by Crippen LogP contribution is 2.26. The predicted octanol–water partition coefficient (Wildman–Crippen LogP) is 2.38. The Bertz CT molecular complexity index is 721. The molecule has 2 aromatic rings. The fraction of sp³-hybridized carbons (Fsp3) is 0.278. The molecule has 2 amide bonds. The van der Waals surface area contributed by atoms with Gasteiger partial charge in [-0.15, -0.1) is 11.8 Å². The Kier molecular flexibility index (Phi) is 5.48. The lowest BCUT2D eigenvalue weighted by molar-refractivity contribution is -0.118. The molecular formula is C18H19N3O2S. The van der Waals surface area contributed by atoms with Gasteiger partial charge in [-0.2, -0.15) is 0 Å². The second-order valence-electron chi connectivity index (χ2n) is 5.58. The second kappa shape index (κ2) is 7.97. The first-order valence-electron chi connectivity index (χ1n) is 7.89. The number of hydrogen-bond acceptors (Lipinski definition) is 4. The number of nitrogens with zero attached hydrogens (tertiary/aromatic N) is 1. The smallest absolute Gasteiger partial charge is 0.237 e. The molecule has 0 fully saturated rings. The number of carbonyl (C=O) groups is 2. The first-order valence-corrected chi connectivity index (χ1v) is 8.94. The van der Waals surface area contributed by atoms with E-state index >= 15 is 0 Å². The minimum atomic E-state index is -0.210. The predicted molar refractivity (Wildman–Crippen MR) is 95.7 cm³/mol. The fourth-order valence-electron chi connectivity index (χ4n) is 2.57. The van der Waals surface area contributed by atoms with Gasteiger partial charge >= 0.3 is 0 Å². The highest BCUT2D eigenvalue weighted by Gasteiger charge is 2.24. The molecule has 0 saturated heterocycles. The van der Waals surface area contributed by atoms with Crippen molar-refractivity contribution in [3.8, 4) is 0 Å². The van der Waals surface area contributed by atoms with E-state index in [4.69, 9.17) is 0 Å². The summed E-state index contributed by atoms with van der Waals surface area (Å²) in [6.45, 7) is 0.405. The average Bonchev–Trinajstić information content (AvgIpc) is 2.77. The zero-order chi connectivity index (χ0) is 16.8. The standard InChI is InChI=1S/C18H19N3O2S/c22-17(20-11-14-6-3-4-10-19-14)12-24-16-9-8-13-5-1-2-7-15(13)21-18(16)23/h1-7,10,16H,8-9,11-12H2,(H,20,22)(H,21,23)/t16-/m0/s1. The molecule has 0 unspecified atom stereocenters. The number of aromatic nitrogens is 1. The van der Waals surface area contributed by atoms with Crippen molar-refractivity contribution in [2.75, 3.05) is 11.1 Å². The quantitative estimate of drug-likeness (QED) is 0.876. The monoisotopic (exact) mass is 341 g/mol. The molecule has 0 radical (unpaired) electrons. The van der Waals surface area contributed by atoms with Crippen LogP contribution in [0.1, 0.15) is 17.7 Å². The van der Waals surface area contributed by atoms with Gasteiger partial charge in [-0.1, -0.05) is 24.3 Å². The average molecular weight is 341 g/mol. The lowest BCUT2D eigenvalue weighted by Gasteiger charge is -2.12. The minimum absolute atomic E-state index is 0.0255. The SMILES string of the molecule is O=C(CS[C@H]1CCc2ccccc2NC1=O)NCc1ccccn1. The number of pyridine rings is 1. The fourth-order valence-corrected chi connectivity index (χ4v) is 3.52. The van der Waals surface area contributed by atoms with Crippen molar-refractivity contribution >= 4 is 29.3 Å². The van der Waals surface area contributed by atoms with Gasteiger partial charge in [0.2, 0.25) is 11.8 Å². The van der Waals surface area contributed by atoms with Gasteiger partial charge in [0.25, 0.3) is 0 Å². The Morgan fingerprint density at radius 1 is 1.25 bits per heavy atom. The van der Waals surface area contributed by atoms with Crippen LogP contribution in [0, 0.1) is 0 Å². The molecule has 6 heteroatoms. The molecule has 1 aliphatic heterocycles. The van der Waals surface area contributed by atoms with Crippen molar-refractivity contribution < 1.29 is 9.59 Å². The second-order valence-corrected chi connectivity index (χ2v) is 6.77. The van der Waals surface area contributed by atoms with Crippen LogP contribution < -0.4 is 10.6 Å². The molecule has 1 aliphatic rings. The normalized spacial score (nSPS) is 16.7. The molecule has 1 atom stereocenters. The number of thioether (sulfide) groups is 1. The number of hydrogen-bond donors (Lipinski definition) is 2. The molecule has 24 heavy (non-hydrogen) atoms. The number of anilines is 1. The van der Waals surface area contributed by atoms with E-state index < -0.39 is 0 Å².